The molecule has 0 radical (unpaired) electrons. The molecule has 0 unspecified atom stereocenters. The summed E-state index contributed by atoms with van der Waals surface area (Å²) in [6.07, 6.45) is 6.52. The van der Waals surface area contributed by atoms with E-state index in [0.29, 0.717) is 0 Å². The molecule has 27 heavy (non-hydrogen) atoms. The summed E-state index contributed by atoms with van der Waals surface area (Å²) in [6, 6.07) is 20.4. The van der Waals surface area contributed by atoms with E-state index in [1.807, 2.05) is 0 Å². The minimum absolute atomic E-state index is 0.149. The van der Waals surface area contributed by atoms with Gasteiger partial charge in [0.15, 0.2) is 0 Å². The molecule has 1 fully saturated rings. The van der Waals surface area contributed by atoms with Crippen LogP contribution < -0.4 is 4.90 Å². The van der Waals surface area contributed by atoms with Crippen molar-refractivity contribution in [3.8, 4) is 0 Å². The number of nitrogens with zero attached hydrogens (tertiary/aromatic N) is 1. The largest absolute Gasteiger partial charge is 0.335 e. The Hall–Kier alpha value is -1.76. The van der Waals surface area contributed by atoms with Gasteiger partial charge in [-0.05, 0) is 53.5 Å². The molecular formula is C26H37N. The zero-order valence-electron chi connectivity index (χ0n) is 18.2. The van der Waals surface area contributed by atoms with Crippen LogP contribution in [0, 0.1) is 5.41 Å². The van der Waals surface area contributed by atoms with Crippen LogP contribution in [0.5, 0.6) is 0 Å². The minimum atomic E-state index is 0.149. The third kappa shape index (κ3) is 3.93. The zero-order chi connectivity index (χ0) is 19.7. The molecule has 0 bridgehead atoms. The van der Waals surface area contributed by atoms with Gasteiger partial charge in [0.2, 0.25) is 0 Å². The highest BCUT2D eigenvalue weighted by Crippen LogP contribution is 2.51. The summed E-state index contributed by atoms with van der Waals surface area (Å²) < 4.78 is 0. The van der Waals surface area contributed by atoms with Gasteiger partial charge in [-0.25, -0.2) is 0 Å². The lowest BCUT2D eigenvalue weighted by Gasteiger charge is -2.55. The van der Waals surface area contributed by atoms with E-state index in [1.165, 1.54) is 49.0 Å². The summed E-state index contributed by atoms with van der Waals surface area (Å²) in [5.41, 5.74) is 4.57. The maximum Gasteiger partial charge on any atom is 0.0499 e. The average molecular weight is 364 g/mol. The Bertz CT molecular complexity index is 723. The van der Waals surface area contributed by atoms with E-state index in [-0.39, 0.29) is 16.4 Å². The predicted octanol–water partition coefficient (Wildman–Crippen LogP) is 7.87. The molecule has 0 aromatic heterocycles. The number of anilines is 2. The topological polar surface area (TPSA) is 3.24 Å². The highest BCUT2D eigenvalue weighted by atomic mass is 15.2. The first kappa shape index (κ1) is 20.0. The van der Waals surface area contributed by atoms with Crippen LogP contribution in [0.3, 0.4) is 0 Å². The fourth-order valence-corrected chi connectivity index (χ4v) is 4.78. The van der Waals surface area contributed by atoms with Crippen molar-refractivity contribution < 1.29 is 0 Å². The Morgan fingerprint density at radius 2 is 1.19 bits per heavy atom. The van der Waals surface area contributed by atoms with Crippen molar-refractivity contribution >= 4 is 11.4 Å². The van der Waals surface area contributed by atoms with E-state index >= 15 is 0 Å². The Morgan fingerprint density at radius 3 is 1.67 bits per heavy atom. The van der Waals surface area contributed by atoms with Crippen molar-refractivity contribution in [1.29, 1.82) is 0 Å². The van der Waals surface area contributed by atoms with Gasteiger partial charge >= 0.3 is 0 Å². The van der Waals surface area contributed by atoms with E-state index in [4.69, 9.17) is 0 Å². The molecule has 0 amide bonds. The van der Waals surface area contributed by atoms with Gasteiger partial charge in [0.1, 0.15) is 0 Å². The third-order valence-electron chi connectivity index (χ3n) is 6.51. The molecule has 2 aromatic carbocycles. The van der Waals surface area contributed by atoms with Crippen LogP contribution in [0.2, 0.25) is 0 Å². The molecule has 0 heterocycles. The molecule has 0 atom stereocenters. The highest BCUT2D eigenvalue weighted by molar-refractivity contribution is 5.67. The second-order valence-corrected chi connectivity index (χ2v) is 10.3. The number of benzene rings is 2. The Labute approximate surface area is 166 Å². The first-order valence-corrected chi connectivity index (χ1v) is 10.6. The monoisotopic (exact) mass is 363 g/mol. The quantitative estimate of drug-likeness (QED) is 0.536. The van der Waals surface area contributed by atoms with Crippen LogP contribution in [0.1, 0.15) is 79.2 Å². The van der Waals surface area contributed by atoms with Gasteiger partial charge in [-0.15, -0.1) is 0 Å². The SMILES string of the molecule is CC(C)(C)c1ccc(N(c2ccccc2)C2(C(C)(C)C)CCCCC2)cc1. The van der Waals surface area contributed by atoms with Crippen LogP contribution in [-0.4, -0.2) is 5.54 Å². The van der Waals surface area contributed by atoms with Crippen molar-refractivity contribution in [3.63, 3.8) is 0 Å². The van der Waals surface area contributed by atoms with Gasteiger partial charge in [0.05, 0.1) is 0 Å². The van der Waals surface area contributed by atoms with E-state index in [9.17, 15) is 0 Å². The van der Waals surface area contributed by atoms with Gasteiger partial charge in [0.25, 0.3) is 0 Å². The summed E-state index contributed by atoms with van der Waals surface area (Å²) in [7, 11) is 0. The molecule has 1 heteroatoms. The minimum Gasteiger partial charge on any atom is -0.335 e. The standard InChI is InChI=1S/C26H37N/c1-24(2,3)21-15-17-23(18-16-21)27(22-13-9-7-10-14-22)26(25(4,5)6)19-11-8-12-20-26/h7,9-10,13-18H,8,11-12,19-20H2,1-6H3. The normalized spacial score (nSPS) is 17.6. The lowest BCUT2D eigenvalue weighted by Crippen LogP contribution is -2.56. The van der Waals surface area contributed by atoms with Crippen LogP contribution in [0.25, 0.3) is 0 Å². The fraction of sp³-hybridized carbons (Fsp3) is 0.538. The van der Waals surface area contributed by atoms with Crippen molar-refractivity contribution in [1.82, 2.24) is 0 Å². The van der Waals surface area contributed by atoms with Gasteiger partial charge in [0, 0.05) is 16.9 Å². The summed E-state index contributed by atoms with van der Waals surface area (Å²) in [5, 5.41) is 0. The Morgan fingerprint density at radius 1 is 0.667 bits per heavy atom. The van der Waals surface area contributed by atoms with Crippen LogP contribution in [-0.2, 0) is 5.41 Å². The van der Waals surface area contributed by atoms with Crippen molar-refractivity contribution in [2.45, 2.75) is 84.6 Å². The molecule has 0 aliphatic heterocycles. The Kier molecular flexibility index (Phi) is 5.43. The summed E-state index contributed by atoms with van der Waals surface area (Å²) in [4.78, 5) is 2.67. The van der Waals surface area contributed by atoms with Crippen molar-refractivity contribution in [2.24, 2.45) is 5.41 Å². The van der Waals surface area contributed by atoms with Crippen LogP contribution in [0.15, 0.2) is 54.6 Å². The summed E-state index contributed by atoms with van der Waals surface area (Å²) in [6.45, 7) is 14.1. The van der Waals surface area contributed by atoms with Crippen molar-refractivity contribution in [2.75, 3.05) is 4.90 Å². The van der Waals surface area contributed by atoms with Gasteiger partial charge in [-0.2, -0.15) is 0 Å². The number of hydrogen-bond donors (Lipinski definition) is 0. The summed E-state index contributed by atoms with van der Waals surface area (Å²) in [5.74, 6) is 0. The zero-order valence-corrected chi connectivity index (χ0v) is 18.2. The molecule has 0 spiro atoms. The van der Waals surface area contributed by atoms with Gasteiger partial charge < -0.3 is 4.90 Å². The molecule has 2 aromatic rings. The first-order valence-electron chi connectivity index (χ1n) is 10.6. The van der Waals surface area contributed by atoms with Gasteiger partial charge in [-0.3, -0.25) is 0 Å². The summed E-state index contributed by atoms with van der Waals surface area (Å²) >= 11 is 0. The van der Waals surface area contributed by atoms with Crippen LogP contribution >= 0.6 is 0 Å². The molecule has 0 N–H and O–H groups in total. The molecule has 1 aliphatic carbocycles. The number of rotatable bonds is 3. The van der Waals surface area contributed by atoms with Crippen molar-refractivity contribution in [3.05, 3.63) is 60.2 Å². The maximum atomic E-state index is 2.67. The lowest BCUT2D eigenvalue weighted by atomic mass is 9.64. The molecule has 146 valence electrons. The molecule has 1 saturated carbocycles. The number of para-hydroxylation sites is 1. The highest BCUT2D eigenvalue weighted by Gasteiger charge is 2.47. The average Bonchev–Trinajstić information content (AvgIpc) is 2.62. The third-order valence-corrected chi connectivity index (χ3v) is 6.51. The lowest BCUT2D eigenvalue weighted by molar-refractivity contribution is 0.132. The maximum absolute atomic E-state index is 2.67. The number of hydrogen-bond acceptors (Lipinski definition) is 1. The molecule has 3 rings (SSSR count). The smallest absolute Gasteiger partial charge is 0.0499 e. The van der Waals surface area contributed by atoms with E-state index in [0.717, 1.165) is 0 Å². The molecular weight excluding hydrogens is 326 g/mol. The van der Waals surface area contributed by atoms with E-state index < -0.39 is 0 Å². The fourth-order valence-electron chi connectivity index (χ4n) is 4.78. The van der Waals surface area contributed by atoms with E-state index in [1.54, 1.807) is 0 Å². The molecule has 0 saturated heterocycles. The van der Waals surface area contributed by atoms with Gasteiger partial charge in [-0.1, -0.05) is 91.1 Å². The molecule has 1 aliphatic rings. The second-order valence-electron chi connectivity index (χ2n) is 10.3. The predicted molar refractivity (Wildman–Crippen MR) is 119 cm³/mol. The first-order chi connectivity index (χ1) is 12.7. The van der Waals surface area contributed by atoms with E-state index in [2.05, 4.69) is 101 Å². The Balaban J connectivity index is 2.14. The second kappa shape index (κ2) is 7.34. The van der Waals surface area contributed by atoms with Crippen LogP contribution in [0.4, 0.5) is 11.4 Å². The molecule has 1 nitrogen and oxygen atoms in total.